The number of esters is 1. The number of carbonyl (C=O) groups is 2. The highest BCUT2D eigenvalue weighted by Gasteiger charge is 2.51. The van der Waals surface area contributed by atoms with E-state index in [0.717, 1.165) is 6.08 Å². The molecule has 0 radical (unpaired) electrons. The summed E-state index contributed by atoms with van der Waals surface area (Å²) in [6.07, 6.45) is -2.05. The fourth-order valence-electron chi connectivity index (χ4n) is 4.99. The Morgan fingerprint density at radius 1 is 1.15 bits per heavy atom. The minimum atomic E-state index is -1.65. The number of benzene rings is 1. The Kier molecular flexibility index (Phi) is 9.58. The molecule has 3 rings (SSSR count). The van der Waals surface area contributed by atoms with Gasteiger partial charge >= 0.3 is 5.97 Å². The van der Waals surface area contributed by atoms with Crippen LogP contribution in [0.2, 0.25) is 0 Å². The van der Waals surface area contributed by atoms with E-state index in [-0.39, 0.29) is 36.0 Å². The third-order valence-electron chi connectivity index (χ3n) is 7.45. The van der Waals surface area contributed by atoms with Gasteiger partial charge < -0.3 is 44.8 Å². The van der Waals surface area contributed by atoms with Gasteiger partial charge in [-0.3, -0.25) is 4.79 Å². The quantitative estimate of drug-likeness (QED) is 0.118. The van der Waals surface area contributed by atoms with Crippen molar-refractivity contribution in [3.63, 3.8) is 0 Å². The van der Waals surface area contributed by atoms with E-state index in [1.165, 1.54) is 24.3 Å². The van der Waals surface area contributed by atoms with Crippen LogP contribution in [-0.4, -0.2) is 91.4 Å². The lowest BCUT2D eigenvalue weighted by atomic mass is 9.60. The summed E-state index contributed by atoms with van der Waals surface area (Å²) in [6, 6.07) is 3.97. The third kappa shape index (κ3) is 7.05. The maximum Gasteiger partial charge on any atom is 0.330 e. The van der Waals surface area contributed by atoms with Gasteiger partial charge in [0.2, 0.25) is 0 Å². The number of ether oxygens (including phenoxy) is 3. The molecule has 1 aromatic carbocycles. The van der Waals surface area contributed by atoms with Gasteiger partial charge in [0, 0.05) is 24.3 Å². The van der Waals surface area contributed by atoms with Crippen molar-refractivity contribution >= 4 is 17.8 Å². The van der Waals surface area contributed by atoms with E-state index in [1.807, 2.05) is 13.8 Å². The lowest BCUT2D eigenvalue weighted by molar-refractivity contribution is -0.306. The number of rotatable bonds is 8. The summed E-state index contributed by atoms with van der Waals surface area (Å²) in [5.74, 6) is -1.70. The molecule has 1 saturated carbocycles. The molecule has 0 amide bonds. The summed E-state index contributed by atoms with van der Waals surface area (Å²) in [6.45, 7) is 6.62. The molecule has 0 unspecified atom stereocenters. The summed E-state index contributed by atoms with van der Waals surface area (Å²) in [7, 11) is 0. The van der Waals surface area contributed by atoms with Gasteiger partial charge in [0.25, 0.3) is 0 Å². The molecule has 0 aromatic heterocycles. The highest BCUT2D eigenvalue weighted by molar-refractivity contribution is 5.87. The second-order valence-corrected chi connectivity index (χ2v) is 11.0. The summed E-state index contributed by atoms with van der Waals surface area (Å²) in [5, 5.41) is 61.3. The van der Waals surface area contributed by atoms with Gasteiger partial charge in [-0.1, -0.05) is 39.0 Å². The standard InChI is InChI=1S/C28H38O11/c1-15-11-18(29)13-27(3,4)28(15,36)10-9-16(2)38-26-25(35)24(34)23(33)21(39-26)14-37-22(32)8-6-17-5-7-19(30)20(31)12-17/h5-10,12,15-16,21,23-26,30-31,33-36H,11,13-14H2,1-4H3/b8-6+,10-9+/t15-,16-,21-,23-,24+,25-,26-,28-/m1/s1. The van der Waals surface area contributed by atoms with Crippen LogP contribution in [0.4, 0.5) is 0 Å². The van der Waals surface area contributed by atoms with Gasteiger partial charge in [0.05, 0.1) is 11.7 Å². The van der Waals surface area contributed by atoms with Crippen molar-refractivity contribution in [2.45, 2.75) is 82.9 Å². The van der Waals surface area contributed by atoms with Crippen LogP contribution in [0.15, 0.2) is 36.4 Å². The van der Waals surface area contributed by atoms with E-state index in [4.69, 9.17) is 14.2 Å². The molecular formula is C28H38O11. The molecule has 6 N–H and O–H groups in total. The number of phenols is 2. The van der Waals surface area contributed by atoms with Crippen LogP contribution in [0.25, 0.3) is 6.08 Å². The number of aliphatic hydroxyl groups excluding tert-OH is 3. The predicted octanol–water partition coefficient (Wildman–Crippen LogP) is 1.18. The maximum atomic E-state index is 12.1. The number of hydrogen-bond acceptors (Lipinski definition) is 11. The number of aliphatic hydroxyl groups is 4. The number of phenolic OH excluding ortho intramolecular Hbond substituents is 2. The van der Waals surface area contributed by atoms with Crippen molar-refractivity contribution in [2.75, 3.05) is 6.61 Å². The Bertz CT molecular complexity index is 1100. The van der Waals surface area contributed by atoms with Crippen LogP contribution in [-0.2, 0) is 23.8 Å². The molecule has 11 nitrogen and oxygen atoms in total. The van der Waals surface area contributed by atoms with Gasteiger partial charge in [-0.2, -0.15) is 0 Å². The van der Waals surface area contributed by atoms with Crippen molar-refractivity contribution in [1.29, 1.82) is 0 Å². The minimum Gasteiger partial charge on any atom is -0.504 e. The molecule has 11 heteroatoms. The normalized spacial score (nSPS) is 33.9. The first-order valence-electron chi connectivity index (χ1n) is 12.8. The monoisotopic (exact) mass is 550 g/mol. The molecule has 1 heterocycles. The van der Waals surface area contributed by atoms with Crippen molar-refractivity contribution in [1.82, 2.24) is 0 Å². The Morgan fingerprint density at radius 3 is 2.49 bits per heavy atom. The number of carbonyl (C=O) groups excluding carboxylic acids is 2. The third-order valence-corrected chi connectivity index (χ3v) is 7.45. The van der Waals surface area contributed by atoms with E-state index >= 15 is 0 Å². The second-order valence-electron chi connectivity index (χ2n) is 11.0. The minimum absolute atomic E-state index is 0.0861. The average Bonchev–Trinajstić information content (AvgIpc) is 2.86. The molecule has 1 aliphatic heterocycles. The van der Waals surface area contributed by atoms with Crippen molar-refractivity contribution in [3.05, 3.63) is 42.0 Å². The number of ketones is 1. The van der Waals surface area contributed by atoms with Crippen molar-refractivity contribution < 1.29 is 54.4 Å². The molecule has 1 aliphatic carbocycles. The Balaban J connectivity index is 1.60. The zero-order valence-corrected chi connectivity index (χ0v) is 22.4. The van der Waals surface area contributed by atoms with E-state index in [1.54, 1.807) is 26.0 Å². The van der Waals surface area contributed by atoms with E-state index in [2.05, 4.69) is 0 Å². The van der Waals surface area contributed by atoms with Gasteiger partial charge in [-0.25, -0.2) is 4.79 Å². The first kappa shape index (κ1) is 30.7. The molecule has 1 aromatic rings. The first-order valence-corrected chi connectivity index (χ1v) is 12.8. The number of Topliss-reactive ketones (excluding diaryl/α,β-unsaturated/α-hetero) is 1. The van der Waals surface area contributed by atoms with Gasteiger partial charge in [-0.15, -0.1) is 0 Å². The molecule has 1 saturated heterocycles. The molecule has 2 fully saturated rings. The number of hydrogen-bond donors (Lipinski definition) is 6. The second kappa shape index (κ2) is 12.2. The predicted molar refractivity (Wildman–Crippen MR) is 138 cm³/mol. The van der Waals surface area contributed by atoms with Crippen LogP contribution in [0.1, 0.15) is 46.1 Å². The number of aromatic hydroxyl groups is 2. The van der Waals surface area contributed by atoms with E-state index in [9.17, 15) is 40.2 Å². The van der Waals surface area contributed by atoms with E-state index in [0.29, 0.717) is 5.56 Å². The maximum absolute atomic E-state index is 12.1. The topological polar surface area (TPSA) is 183 Å². The summed E-state index contributed by atoms with van der Waals surface area (Å²) in [4.78, 5) is 24.2. The summed E-state index contributed by atoms with van der Waals surface area (Å²) < 4.78 is 16.4. The smallest absolute Gasteiger partial charge is 0.330 e. The molecule has 8 atom stereocenters. The Labute approximate surface area is 226 Å². The van der Waals surface area contributed by atoms with Crippen molar-refractivity contribution in [3.8, 4) is 11.5 Å². The zero-order chi connectivity index (χ0) is 29.1. The van der Waals surface area contributed by atoms with Gasteiger partial charge in [0.1, 0.15) is 36.8 Å². The van der Waals surface area contributed by atoms with Gasteiger partial charge in [0.15, 0.2) is 17.8 Å². The van der Waals surface area contributed by atoms with Gasteiger partial charge in [-0.05, 0) is 36.6 Å². The van der Waals surface area contributed by atoms with Crippen LogP contribution in [0.3, 0.4) is 0 Å². The molecule has 0 bridgehead atoms. The molecule has 0 spiro atoms. The largest absolute Gasteiger partial charge is 0.504 e. The Morgan fingerprint density at radius 2 is 1.85 bits per heavy atom. The SMILES string of the molecule is C[C@H](/C=C/[C@@]1(O)[C@H](C)CC(=O)CC1(C)C)O[C@@H]1O[C@H](COC(=O)/C=C/c2ccc(O)c(O)c2)[C@@H](O)[C@H](O)[C@H]1O. The fourth-order valence-corrected chi connectivity index (χ4v) is 4.99. The van der Waals surface area contributed by atoms with Crippen LogP contribution < -0.4 is 0 Å². The van der Waals surface area contributed by atoms with Crippen molar-refractivity contribution in [2.24, 2.45) is 11.3 Å². The van der Waals surface area contributed by atoms with Crippen LogP contribution >= 0.6 is 0 Å². The summed E-state index contributed by atoms with van der Waals surface area (Å²) in [5.41, 5.74) is -1.55. The molecular weight excluding hydrogens is 512 g/mol. The Hall–Kier alpha value is -2.80. The average molecular weight is 551 g/mol. The fraction of sp³-hybridized carbons (Fsp3) is 0.571. The molecule has 216 valence electrons. The van der Waals surface area contributed by atoms with Crippen LogP contribution in [0, 0.1) is 11.3 Å². The lowest BCUT2D eigenvalue weighted by Gasteiger charge is -2.48. The van der Waals surface area contributed by atoms with E-state index < -0.39 is 60.4 Å². The van der Waals surface area contributed by atoms with Crippen LogP contribution in [0.5, 0.6) is 11.5 Å². The first-order chi connectivity index (χ1) is 18.1. The summed E-state index contributed by atoms with van der Waals surface area (Å²) >= 11 is 0. The highest BCUT2D eigenvalue weighted by atomic mass is 16.7. The highest BCUT2D eigenvalue weighted by Crippen LogP contribution is 2.46. The molecule has 2 aliphatic rings. The lowest BCUT2D eigenvalue weighted by Crippen LogP contribution is -2.59. The zero-order valence-electron chi connectivity index (χ0n) is 22.4. The molecule has 39 heavy (non-hydrogen) atoms.